The van der Waals surface area contributed by atoms with Crippen LogP contribution in [0.1, 0.15) is 13.3 Å². The number of para-hydroxylation sites is 2. The van der Waals surface area contributed by atoms with Crippen molar-refractivity contribution in [3.8, 4) is 0 Å². The second kappa shape index (κ2) is 4.99. The first-order chi connectivity index (χ1) is 7.05. The highest BCUT2D eigenvalue weighted by Gasteiger charge is 2.11. The zero-order valence-corrected chi connectivity index (χ0v) is 9.25. The fourth-order valence-corrected chi connectivity index (χ4v) is 1.85. The lowest BCUT2D eigenvalue weighted by molar-refractivity contribution is 0.321. The lowest BCUT2D eigenvalue weighted by Gasteiger charge is -2.09. The number of nitrogen functional groups attached to an aromatic ring is 1. The predicted octanol–water partition coefficient (Wildman–Crippen LogP) is 1.35. The molecule has 0 fully saturated rings. The van der Waals surface area contributed by atoms with Gasteiger partial charge >= 0.3 is 10.3 Å². The monoisotopic (exact) mass is 230 g/mol. The Bertz CT molecular complexity index is 417. The van der Waals surface area contributed by atoms with Gasteiger partial charge in [-0.3, -0.25) is 8.91 Å². The maximum Gasteiger partial charge on any atom is 0.360 e. The summed E-state index contributed by atoms with van der Waals surface area (Å²) >= 11 is 0. The minimum atomic E-state index is -3.75. The Hall–Kier alpha value is -1.27. The number of hydrogen-bond donors (Lipinski definition) is 2. The zero-order valence-electron chi connectivity index (χ0n) is 8.43. The molecule has 0 atom stereocenters. The summed E-state index contributed by atoms with van der Waals surface area (Å²) < 4.78 is 29.5. The van der Waals surface area contributed by atoms with E-state index < -0.39 is 10.3 Å². The van der Waals surface area contributed by atoms with Crippen LogP contribution in [0.25, 0.3) is 0 Å². The maximum atomic E-state index is 11.3. The van der Waals surface area contributed by atoms with Gasteiger partial charge in [0.15, 0.2) is 0 Å². The van der Waals surface area contributed by atoms with Crippen LogP contribution in [-0.2, 0) is 14.5 Å². The summed E-state index contributed by atoms with van der Waals surface area (Å²) in [5.74, 6) is 0. The van der Waals surface area contributed by atoms with E-state index in [1.165, 1.54) is 0 Å². The molecule has 0 bridgehead atoms. The highest BCUT2D eigenvalue weighted by atomic mass is 32.2. The van der Waals surface area contributed by atoms with Gasteiger partial charge in [0.2, 0.25) is 0 Å². The predicted molar refractivity (Wildman–Crippen MR) is 59.6 cm³/mol. The number of nitrogens with one attached hydrogen (secondary N) is 1. The van der Waals surface area contributed by atoms with Gasteiger partial charge < -0.3 is 5.73 Å². The normalized spacial score (nSPS) is 11.3. The van der Waals surface area contributed by atoms with Gasteiger partial charge in [0.25, 0.3) is 0 Å². The van der Waals surface area contributed by atoms with E-state index in [0.717, 1.165) is 0 Å². The summed E-state index contributed by atoms with van der Waals surface area (Å²) in [6, 6.07) is 6.59. The van der Waals surface area contributed by atoms with Crippen LogP contribution in [0.5, 0.6) is 0 Å². The molecule has 15 heavy (non-hydrogen) atoms. The first kappa shape index (κ1) is 11.8. The highest BCUT2D eigenvalue weighted by molar-refractivity contribution is 7.88. The van der Waals surface area contributed by atoms with E-state index in [2.05, 4.69) is 8.91 Å². The fourth-order valence-electron chi connectivity index (χ4n) is 0.947. The molecule has 0 amide bonds. The van der Waals surface area contributed by atoms with Gasteiger partial charge in [-0.05, 0) is 18.6 Å². The molecule has 1 aromatic rings. The number of rotatable bonds is 5. The van der Waals surface area contributed by atoms with Crippen LogP contribution in [0.4, 0.5) is 11.4 Å². The van der Waals surface area contributed by atoms with Crippen LogP contribution in [0.15, 0.2) is 24.3 Å². The van der Waals surface area contributed by atoms with Crippen LogP contribution in [0, 0.1) is 0 Å². The van der Waals surface area contributed by atoms with Gasteiger partial charge in [0.05, 0.1) is 18.0 Å². The van der Waals surface area contributed by atoms with Crippen LogP contribution in [-0.4, -0.2) is 15.0 Å². The molecule has 0 heterocycles. The fraction of sp³-hybridized carbons (Fsp3) is 0.333. The summed E-state index contributed by atoms with van der Waals surface area (Å²) in [7, 11) is -3.75. The molecule has 0 unspecified atom stereocenters. The van der Waals surface area contributed by atoms with Crippen LogP contribution >= 0.6 is 0 Å². The second-order valence-corrected chi connectivity index (χ2v) is 4.31. The molecular formula is C9H14N2O3S. The molecule has 0 aliphatic rings. The Morgan fingerprint density at radius 2 is 2.07 bits per heavy atom. The molecule has 0 aliphatic heterocycles. The van der Waals surface area contributed by atoms with E-state index in [1.54, 1.807) is 24.3 Å². The second-order valence-electron chi connectivity index (χ2n) is 2.97. The van der Waals surface area contributed by atoms with E-state index in [9.17, 15) is 8.42 Å². The zero-order chi connectivity index (χ0) is 11.3. The highest BCUT2D eigenvalue weighted by Crippen LogP contribution is 2.18. The molecule has 3 N–H and O–H groups in total. The average Bonchev–Trinajstić information content (AvgIpc) is 2.18. The van der Waals surface area contributed by atoms with Crippen molar-refractivity contribution in [2.45, 2.75) is 13.3 Å². The number of hydrogen-bond acceptors (Lipinski definition) is 4. The Labute approximate surface area is 89.5 Å². The molecule has 0 spiro atoms. The van der Waals surface area contributed by atoms with E-state index in [1.807, 2.05) is 6.92 Å². The van der Waals surface area contributed by atoms with Gasteiger partial charge in [0, 0.05) is 0 Å². The van der Waals surface area contributed by atoms with Gasteiger partial charge in [-0.2, -0.15) is 8.42 Å². The quantitative estimate of drug-likeness (QED) is 0.748. The molecule has 0 radical (unpaired) electrons. The molecule has 5 nitrogen and oxygen atoms in total. The first-order valence-corrected chi connectivity index (χ1v) is 5.97. The van der Waals surface area contributed by atoms with Gasteiger partial charge in [-0.1, -0.05) is 19.1 Å². The number of anilines is 2. The molecule has 0 saturated carbocycles. The summed E-state index contributed by atoms with van der Waals surface area (Å²) in [5, 5.41) is 0. The van der Waals surface area contributed by atoms with Crippen molar-refractivity contribution >= 4 is 21.7 Å². The van der Waals surface area contributed by atoms with Crippen molar-refractivity contribution in [2.75, 3.05) is 17.1 Å². The summed E-state index contributed by atoms with van der Waals surface area (Å²) in [6.07, 6.45) is 0.630. The van der Waals surface area contributed by atoms with Crippen LogP contribution in [0.2, 0.25) is 0 Å². The van der Waals surface area contributed by atoms with Crippen molar-refractivity contribution in [1.82, 2.24) is 0 Å². The Morgan fingerprint density at radius 3 is 2.67 bits per heavy atom. The van der Waals surface area contributed by atoms with E-state index >= 15 is 0 Å². The standard InChI is InChI=1S/C9H14N2O3S/c1-2-7-14-15(12,13)11-9-6-4-3-5-8(9)10/h3-6,11H,2,7,10H2,1H3. The third kappa shape index (κ3) is 3.77. The molecule has 0 aliphatic carbocycles. The topological polar surface area (TPSA) is 81.4 Å². The number of benzene rings is 1. The molecule has 84 valence electrons. The van der Waals surface area contributed by atoms with Crippen LogP contribution in [0.3, 0.4) is 0 Å². The molecule has 6 heteroatoms. The molecular weight excluding hydrogens is 216 g/mol. The van der Waals surface area contributed by atoms with E-state index in [0.29, 0.717) is 17.8 Å². The number of nitrogens with two attached hydrogens (primary N) is 1. The average molecular weight is 230 g/mol. The van der Waals surface area contributed by atoms with Gasteiger partial charge in [0.1, 0.15) is 0 Å². The lowest BCUT2D eigenvalue weighted by Crippen LogP contribution is -2.17. The third-order valence-electron chi connectivity index (χ3n) is 1.64. The van der Waals surface area contributed by atoms with Gasteiger partial charge in [-0.25, -0.2) is 0 Å². The smallest absolute Gasteiger partial charge is 0.360 e. The van der Waals surface area contributed by atoms with Crippen LogP contribution < -0.4 is 10.5 Å². The van der Waals surface area contributed by atoms with Crippen molar-refractivity contribution in [3.63, 3.8) is 0 Å². The Kier molecular flexibility index (Phi) is 3.93. The molecule has 1 rings (SSSR count). The van der Waals surface area contributed by atoms with Crippen molar-refractivity contribution in [3.05, 3.63) is 24.3 Å². The summed E-state index contributed by atoms with van der Waals surface area (Å²) in [5.41, 5.74) is 6.26. The lowest BCUT2D eigenvalue weighted by atomic mass is 10.3. The van der Waals surface area contributed by atoms with E-state index in [4.69, 9.17) is 5.73 Å². The summed E-state index contributed by atoms with van der Waals surface area (Å²) in [6.45, 7) is 1.98. The largest absolute Gasteiger partial charge is 0.397 e. The maximum absolute atomic E-state index is 11.3. The van der Waals surface area contributed by atoms with Crippen molar-refractivity contribution < 1.29 is 12.6 Å². The van der Waals surface area contributed by atoms with Crippen molar-refractivity contribution in [1.29, 1.82) is 0 Å². The SMILES string of the molecule is CCCOS(=O)(=O)Nc1ccccc1N. The minimum absolute atomic E-state index is 0.155. The molecule has 0 saturated heterocycles. The van der Waals surface area contributed by atoms with Gasteiger partial charge in [-0.15, -0.1) is 0 Å². The first-order valence-electron chi connectivity index (χ1n) is 4.57. The molecule has 1 aromatic carbocycles. The third-order valence-corrected chi connectivity index (χ3v) is 2.59. The molecule has 0 aromatic heterocycles. The summed E-state index contributed by atoms with van der Waals surface area (Å²) in [4.78, 5) is 0. The Morgan fingerprint density at radius 1 is 1.40 bits per heavy atom. The van der Waals surface area contributed by atoms with E-state index in [-0.39, 0.29) is 6.61 Å². The minimum Gasteiger partial charge on any atom is -0.397 e. The van der Waals surface area contributed by atoms with Crippen molar-refractivity contribution in [2.24, 2.45) is 0 Å². The Balaban J connectivity index is 2.74.